The fourth-order valence-electron chi connectivity index (χ4n) is 2.96. The highest BCUT2D eigenvalue weighted by atomic mass is 35.5. The monoisotopic (exact) mass is 267 g/mol. The third-order valence-electron chi connectivity index (χ3n) is 3.95. The standard InChI is InChI=1S/C13H18ClN3O/c14-12-8-15-9-13(16-12)17-5-3-10(4-6-17)11-2-1-7-18-11/h8-11H,1-7H2. The molecule has 2 fully saturated rings. The maximum atomic E-state index is 5.88. The van der Waals surface area contributed by atoms with Crippen LogP contribution in [0.4, 0.5) is 5.82 Å². The Morgan fingerprint density at radius 2 is 2.06 bits per heavy atom. The van der Waals surface area contributed by atoms with Crippen molar-refractivity contribution in [1.82, 2.24) is 9.97 Å². The van der Waals surface area contributed by atoms with Crippen molar-refractivity contribution in [3.8, 4) is 0 Å². The fourth-order valence-corrected chi connectivity index (χ4v) is 3.10. The van der Waals surface area contributed by atoms with E-state index in [1.54, 1.807) is 12.4 Å². The number of rotatable bonds is 2. The third kappa shape index (κ3) is 2.59. The molecule has 1 atom stereocenters. The van der Waals surface area contributed by atoms with E-state index in [1.165, 1.54) is 25.7 Å². The first-order valence-electron chi connectivity index (χ1n) is 6.67. The second kappa shape index (κ2) is 5.41. The van der Waals surface area contributed by atoms with Crippen molar-refractivity contribution < 1.29 is 4.74 Å². The van der Waals surface area contributed by atoms with Crippen LogP contribution in [0.2, 0.25) is 5.15 Å². The minimum atomic E-state index is 0.466. The van der Waals surface area contributed by atoms with Crippen molar-refractivity contribution in [3.63, 3.8) is 0 Å². The molecule has 1 unspecified atom stereocenters. The van der Waals surface area contributed by atoms with Crippen molar-refractivity contribution in [2.45, 2.75) is 31.8 Å². The highest BCUT2D eigenvalue weighted by molar-refractivity contribution is 6.29. The molecule has 1 aromatic rings. The number of aromatic nitrogens is 2. The van der Waals surface area contributed by atoms with Gasteiger partial charge in [0.2, 0.25) is 0 Å². The molecule has 0 aliphatic carbocycles. The molecular formula is C13H18ClN3O. The molecular weight excluding hydrogens is 250 g/mol. The van der Waals surface area contributed by atoms with Gasteiger partial charge in [-0.3, -0.25) is 4.98 Å². The SMILES string of the molecule is Clc1cncc(N2CCC(C3CCCO3)CC2)n1. The van der Waals surface area contributed by atoms with Gasteiger partial charge in [0.1, 0.15) is 11.0 Å². The molecule has 0 N–H and O–H groups in total. The van der Waals surface area contributed by atoms with Crippen LogP contribution in [0.25, 0.3) is 0 Å². The summed E-state index contributed by atoms with van der Waals surface area (Å²) in [5.74, 6) is 1.61. The number of anilines is 1. The lowest BCUT2D eigenvalue weighted by molar-refractivity contribution is 0.0531. The van der Waals surface area contributed by atoms with E-state index in [0.29, 0.717) is 11.3 Å². The summed E-state index contributed by atoms with van der Waals surface area (Å²) in [5.41, 5.74) is 0. The van der Waals surface area contributed by atoms with Gasteiger partial charge in [0.25, 0.3) is 0 Å². The van der Waals surface area contributed by atoms with E-state index in [1.807, 2.05) is 0 Å². The highest BCUT2D eigenvalue weighted by Gasteiger charge is 2.29. The van der Waals surface area contributed by atoms with E-state index in [0.717, 1.165) is 31.4 Å². The lowest BCUT2D eigenvalue weighted by Crippen LogP contribution is -2.38. The van der Waals surface area contributed by atoms with Gasteiger partial charge in [-0.25, -0.2) is 4.98 Å². The van der Waals surface area contributed by atoms with Gasteiger partial charge < -0.3 is 9.64 Å². The first kappa shape index (κ1) is 12.2. The molecule has 0 saturated carbocycles. The smallest absolute Gasteiger partial charge is 0.149 e. The topological polar surface area (TPSA) is 38.2 Å². The Balaban J connectivity index is 1.59. The van der Waals surface area contributed by atoms with Crippen LogP contribution >= 0.6 is 11.6 Å². The first-order chi connectivity index (χ1) is 8.83. The summed E-state index contributed by atoms with van der Waals surface area (Å²) in [5, 5.41) is 0.466. The van der Waals surface area contributed by atoms with Crippen molar-refractivity contribution in [1.29, 1.82) is 0 Å². The molecule has 2 aliphatic heterocycles. The number of ether oxygens (including phenoxy) is 1. The van der Waals surface area contributed by atoms with Crippen LogP contribution in [0, 0.1) is 5.92 Å². The Labute approximate surface area is 112 Å². The van der Waals surface area contributed by atoms with E-state index in [4.69, 9.17) is 16.3 Å². The summed E-state index contributed by atoms with van der Waals surface area (Å²) in [6.45, 7) is 3.00. The summed E-state index contributed by atoms with van der Waals surface area (Å²) in [7, 11) is 0. The van der Waals surface area contributed by atoms with Crippen LogP contribution in [-0.2, 0) is 4.74 Å². The number of piperidine rings is 1. The Morgan fingerprint density at radius 3 is 2.72 bits per heavy atom. The largest absolute Gasteiger partial charge is 0.378 e. The number of hydrogen-bond donors (Lipinski definition) is 0. The molecule has 18 heavy (non-hydrogen) atoms. The molecule has 3 rings (SSSR count). The third-order valence-corrected chi connectivity index (χ3v) is 4.13. The van der Waals surface area contributed by atoms with Gasteiger partial charge in [-0.2, -0.15) is 0 Å². The maximum Gasteiger partial charge on any atom is 0.149 e. The summed E-state index contributed by atoms with van der Waals surface area (Å²) in [6, 6.07) is 0. The molecule has 98 valence electrons. The zero-order valence-electron chi connectivity index (χ0n) is 10.4. The highest BCUT2D eigenvalue weighted by Crippen LogP contribution is 2.30. The van der Waals surface area contributed by atoms with Crippen LogP contribution in [0.5, 0.6) is 0 Å². The van der Waals surface area contributed by atoms with Gasteiger partial charge in [0, 0.05) is 19.7 Å². The normalized spacial score (nSPS) is 25.6. The molecule has 0 amide bonds. The number of hydrogen-bond acceptors (Lipinski definition) is 4. The van der Waals surface area contributed by atoms with Crippen LogP contribution < -0.4 is 4.90 Å². The Kier molecular flexibility index (Phi) is 3.66. The average Bonchev–Trinajstić information content (AvgIpc) is 2.93. The van der Waals surface area contributed by atoms with E-state index >= 15 is 0 Å². The Bertz CT molecular complexity index is 401. The van der Waals surface area contributed by atoms with Crippen molar-refractivity contribution in [3.05, 3.63) is 17.5 Å². The molecule has 0 bridgehead atoms. The molecule has 2 saturated heterocycles. The van der Waals surface area contributed by atoms with Crippen LogP contribution in [0.3, 0.4) is 0 Å². The molecule has 0 aromatic carbocycles. The zero-order valence-corrected chi connectivity index (χ0v) is 11.1. The molecule has 1 aromatic heterocycles. The maximum absolute atomic E-state index is 5.88. The van der Waals surface area contributed by atoms with Gasteiger partial charge in [0.15, 0.2) is 0 Å². The molecule has 0 radical (unpaired) electrons. The van der Waals surface area contributed by atoms with Crippen LogP contribution in [0.15, 0.2) is 12.4 Å². The number of halogens is 1. The van der Waals surface area contributed by atoms with Gasteiger partial charge >= 0.3 is 0 Å². The predicted octanol–water partition coefficient (Wildman–Crippen LogP) is 2.53. The van der Waals surface area contributed by atoms with E-state index in [-0.39, 0.29) is 0 Å². The number of nitrogens with zero attached hydrogens (tertiary/aromatic N) is 3. The summed E-state index contributed by atoms with van der Waals surface area (Å²) < 4.78 is 5.78. The summed E-state index contributed by atoms with van der Waals surface area (Å²) in [4.78, 5) is 10.7. The molecule has 3 heterocycles. The quantitative estimate of drug-likeness (QED) is 0.825. The average molecular weight is 268 g/mol. The molecule has 0 spiro atoms. The summed E-state index contributed by atoms with van der Waals surface area (Å²) in [6.07, 6.45) is 8.68. The zero-order chi connectivity index (χ0) is 12.4. The second-order valence-corrected chi connectivity index (χ2v) is 5.46. The van der Waals surface area contributed by atoms with Crippen LogP contribution in [-0.4, -0.2) is 35.8 Å². The van der Waals surface area contributed by atoms with Crippen molar-refractivity contribution >= 4 is 17.4 Å². The lowest BCUT2D eigenvalue weighted by Gasteiger charge is -2.34. The van der Waals surface area contributed by atoms with Crippen molar-refractivity contribution in [2.24, 2.45) is 5.92 Å². The van der Waals surface area contributed by atoms with Gasteiger partial charge in [-0.05, 0) is 31.6 Å². The molecule has 2 aliphatic rings. The van der Waals surface area contributed by atoms with Gasteiger partial charge in [-0.1, -0.05) is 11.6 Å². The first-order valence-corrected chi connectivity index (χ1v) is 7.05. The lowest BCUT2D eigenvalue weighted by atomic mass is 9.90. The Hall–Kier alpha value is -0.870. The van der Waals surface area contributed by atoms with Crippen LogP contribution in [0.1, 0.15) is 25.7 Å². The minimum absolute atomic E-state index is 0.466. The van der Waals surface area contributed by atoms with Gasteiger partial charge in [-0.15, -0.1) is 0 Å². The summed E-state index contributed by atoms with van der Waals surface area (Å²) >= 11 is 5.88. The minimum Gasteiger partial charge on any atom is -0.378 e. The predicted molar refractivity (Wildman–Crippen MR) is 71.0 cm³/mol. The van der Waals surface area contributed by atoms with E-state index < -0.39 is 0 Å². The van der Waals surface area contributed by atoms with E-state index in [2.05, 4.69) is 14.9 Å². The Morgan fingerprint density at radius 1 is 1.22 bits per heavy atom. The molecule has 5 heteroatoms. The second-order valence-electron chi connectivity index (χ2n) is 5.08. The van der Waals surface area contributed by atoms with Crippen molar-refractivity contribution in [2.75, 3.05) is 24.6 Å². The van der Waals surface area contributed by atoms with Gasteiger partial charge in [0.05, 0.1) is 18.5 Å². The fraction of sp³-hybridized carbons (Fsp3) is 0.692. The molecule has 4 nitrogen and oxygen atoms in total. The van der Waals surface area contributed by atoms with E-state index in [9.17, 15) is 0 Å².